The molecule has 2 aliphatic rings. The molecule has 41 heavy (non-hydrogen) atoms. The minimum Gasteiger partial charge on any atom is -0.454 e. The summed E-state index contributed by atoms with van der Waals surface area (Å²) in [5.74, 6) is -0.741. The van der Waals surface area contributed by atoms with Crippen LogP contribution in [0.1, 0.15) is 25.3 Å². The maximum Gasteiger partial charge on any atom is 0.416 e. The number of halogens is 4. The van der Waals surface area contributed by atoms with Gasteiger partial charge in [-0.15, -0.1) is 0 Å². The van der Waals surface area contributed by atoms with Crippen LogP contribution >= 0.6 is 0 Å². The highest BCUT2D eigenvalue weighted by Gasteiger charge is 2.35. The van der Waals surface area contributed by atoms with Gasteiger partial charge in [-0.3, -0.25) is 9.69 Å². The molecule has 214 valence electrons. The molecule has 1 saturated heterocycles. The summed E-state index contributed by atoms with van der Waals surface area (Å²) >= 11 is 0. The zero-order chi connectivity index (χ0) is 29.3. The number of ether oxygens (including phenoxy) is 2. The first-order valence-electron chi connectivity index (χ1n) is 12.5. The van der Waals surface area contributed by atoms with E-state index in [0.29, 0.717) is 6.07 Å². The standard InChI is InChI=1S/C27H23F4N5O5/c1-14-13-36(26(39)40-14)19-9-16(27(29,30)31)8-18(10-19)34-25(38)33-17-4-5-22(21(28)11-17)41-20-6-7-32-23(12-20)35-24(37)15-2-3-15/h4-12,14-15H,2-3,13H2,1H3,(H,32,35,37)(H2,33,34,38). The summed E-state index contributed by atoms with van der Waals surface area (Å²) < 4.78 is 65.8. The summed E-state index contributed by atoms with van der Waals surface area (Å²) in [6.07, 6.45) is -3.05. The second-order valence-corrected chi connectivity index (χ2v) is 9.54. The lowest BCUT2D eigenvalue weighted by atomic mass is 10.1. The van der Waals surface area contributed by atoms with Gasteiger partial charge in [0.1, 0.15) is 17.7 Å². The third kappa shape index (κ3) is 6.83. The third-order valence-corrected chi connectivity index (χ3v) is 6.13. The SMILES string of the molecule is CC1CN(c2cc(NC(=O)Nc3ccc(Oc4ccnc(NC(=O)C5CC5)c4)c(F)c3)cc(C(F)(F)F)c2)C(=O)O1. The molecule has 2 aromatic carbocycles. The number of anilines is 4. The van der Waals surface area contributed by atoms with E-state index in [-0.39, 0.29) is 52.7 Å². The molecule has 0 radical (unpaired) electrons. The van der Waals surface area contributed by atoms with E-state index in [2.05, 4.69) is 20.9 Å². The van der Waals surface area contributed by atoms with Crippen molar-refractivity contribution in [3.63, 3.8) is 0 Å². The number of nitrogens with one attached hydrogen (secondary N) is 3. The first-order chi connectivity index (χ1) is 19.4. The van der Waals surface area contributed by atoms with Crippen LogP contribution in [0.25, 0.3) is 0 Å². The number of aromatic nitrogens is 1. The van der Waals surface area contributed by atoms with Crippen LogP contribution in [0.5, 0.6) is 11.5 Å². The molecule has 5 rings (SSSR count). The predicted octanol–water partition coefficient (Wildman–Crippen LogP) is 6.37. The van der Waals surface area contributed by atoms with E-state index < -0.39 is 35.8 Å². The molecule has 10 nitrogen and oxygen atoms in total. The molecule has 1 aliphatic heterocycles. The molecule has 4 amide bonds. The van der Waals surface area contributed by atoms with Crippen LogP contribution in [0.4, 0.5) is 50.0 Å². The maximum absolute atomic E-state index is 14.8. The highest BCUT2D eigenvalue weighted by molar-refractivity contribution is 6.00. The molecule has 0 bridgehead atoms. The van der Waals surface area contributed by atoms with Crippen molar-refractivity contribution in [1.29, 1.82) is 0 Å². The first-order valence-corrected chi connectivity index (χ1v) is 12.5. The van der Waals surface area contributed by atoms with E-state index in [1.807, 2.05) is 0 Å². The lowest BCUT2D eigenvalue weighted by Crippen LogP contribution is -2.25. The van der Waals surface area contributed by atoms with Gasteiger partial charge in [0.2, 0.25) is 5.91 Å². The molecule has 1 aliphatic carbocycles. The summed E-state index contributed by atoms with van der Waals surface area (Å²) in [6.45, 7) is 1.63. The summed E-state index contributed by atoms with van der Waals surface area (Å²) in [7, 11) is 0. The smallest absolute Gasteiger partial charge is 0.416 e. The van der Waals surface area contributed by atoms with Crippen molar-refractivity contribution in [2.24, 2.45) is 5.92 Å². The zero-order valence-corrected chi connectivity index (χ0v) is 21.4. The lowest BCUT2D eigenvalue weighted by Gasteiger charge is -2.18. The van der Waals surface area contributed by atoms with Gasteiger partial charge in [-0.1, -0.05) is 0 Å². The Hall–Kier alpha value is -4.88. The van der Waals surface area contributed by atoms with Crippen molar-refractivity contribution < 1.29 is 41.4 Å². The normalized spacial score (nSPS) is 16.7. The number of alkyl halides is 3. The van der Waals surface area contributed by atoms with Crippen LogP contribution in [-0.2, 0) is 15.7 Å². The molecule has 2 heterocycles. The van der Waals surface area contributed by atoms with E-state index in [0.717, 1.165) is 29.9 Å². The van der Waals surface area contributed by atoms with Crippen molar-refractivity contribution >= 4 is 40.9 Å². The molecule has 1 aromatic heterocycles. The molecule has 3 N–H and O–H groups in total. The number of hydrogen-bond acceptors (Lipinski definition) is 6. The highest BCUT2D eigenvalue weighted by Crippen LogP contribution is 2.36. The maximum atomic E-state index is 14.8. The molecular formula is C27H23F4N5O5. The average molecular weight is 574 g/mol. The van der Waals surface area contributed by atoms with Gasteiger partial charge in [0.05, 0.1) is 12.1 Å². The summed E-state index contributed by atoms with van der Waals surface area (Å²) in [5, 5.41) is 7.28. The fraction of sp³-hybridized carbons (Fsp3) is 0.259. The number of carbonyl (C=O) groups excluding carboxylic acids is 3. The molecule has 1 unspecified atom stereocenters. The summed E-state index contributed by atoms with van der Waals surface area (Å²) in [6, 6.07) is 8.18. The van der Waals surface area contributed by atoms with Crippen molar-refractivity contribution in [2.75, 3.05) is 27.4 Å². The van der Waals surface area contributed by atoms with Gasteiger partial charge >= 0.3 is 18.3 Å². The van der Waals surface area contributed by atoms with Crippen molar-refractivity contribution in [2.45, 2.75) is 32.0 Å². The molecule has 2 fully saturated rings. The second kappa shape index (κ2) is 10.9. The fourth-order valence-corrected chi connectivity index (χ4v) is 4.02. The van der Waals surface area contributed by atoms with Crippen LogP contribution in [0.3, 0.4) is 0 Å². The number of nitrogens with zero attached hydrogens (tertiary/aromatic N) is 2. The second-order valence-electron chi connectivity index (χ2n) is 9.54. The van der Waals surface area contributed by atoms with Crippen molar-refractivity contribution in [1.82, 2.24) is 4.98 Å². The number of rotatable bonds is 7. The number of cyclic esters (lactones) is 1. The van der Waals surface area contributed by atoms with Crippen LogP contribution in [0.2, 0.25) is 0 Å². The van der Waals surface area contributed by atoms with Gasteiger partial charge in [-0.2, -0.15) is 13.2 Å². The molecule has 0 spiro atoms. The Morgan fingerprint density at radius 3 is 2.44 bits per heavy atom. The van der Waals surface area contributed by atoms with Gasteiger partial charge in [-0.05, 0) is 56.2 Å². The Labute approximate surface area is 230 Å². The van der Waals surface area contributed by atoms with Crippen LogP contribution in [-0.4, -0.2) is 35.7 Å². The molecule has 1 saturated carbocycles. The van der Waals surface area contributed by atoms with Crippen LogP contribution in [0, 0.1) is 11.7 Å². The predicted molar refractivity (Wildman–Crippen MR) is 139 cm³/mol. The number of hydrogen-bond donors (Lipinski definition) is 3. The van der Waals surface area contributed by atoms with Crippen LogP contribution < -0.4 is 25.6 Å². The molecule has 3 aromatic rings. The molecule has 14 heteroatoms. The third-order valence-electron chi connectivity index (χ3n) is 6.13. The fourth-order valence-electron chi connectivity index (χ4n) is 4.02. The Balaban J connectivity index is 1.26. The number of pyridine rings is 1. The summed E-state index contributed by atoms with van der Waals surface area (Å²) in [4.78, 5) is 41.6. The largest absolute Gasteiger partial charge is 0.454 e. The number of urea groups is 1. The van der Waals surface area contributed by atoms with Gasteiger partial charge in [0, 0.05) is 41.3 Å². The Kier molecular flexibility index (Phi) is 7.39. The molecular weight excluding hydrogens is 550 g/mol. The van der Waals surface area contributed by atoms with Crippen LogP contribution in [0.15, 0.2) is 54.7 Å². The summed E-state index contributed by atoms with van der Waals surface area (Å²) in [5.41, 5.74) is -1.45. The van der Waals surface area contributed by atoms with Crippen molar-refractivity contribution in [3.05, 3.63) is 66.1 Å². The number of benzene rings is 2. The monoisotopic (exact) mass is 573 g/mol. The Morgan fingerprint density at radius 2 is 1.78 bits per heavy atom. The van der Waals surface area contributed by atoms with Gasteiger partial charge in [0.15, 0.2) is 11.6 Å². The highest BCUT2D eigenvalue weighted by atomic mass is 19.4. The Morgan fingerprint density at radius 1 is 1.02 bits per heavy atom. The van der Waals surface area contributed by atoms with E-state index >= 15 is 0 Å². The minimum absolute atomic E-state index is 0.0105. The number of amides is 4. The van der Waals surface area contributed by atoms with E-state index in [9.17, 15) is 31.9 Å². The van der Waals surface area contributed by atoms with E-state index in [4.69, 9.17) is 9.47 Å². The first kappa shape index (κ1) is 27.7. The number of carbonyl (C=O) groups is 3. The topological polar surface area (TPSA) is 122 Å². The zero-order valence-electron chi connectivity index (χ0n) is 21.4. The average Bonchev–Trinajstić information content (AvgIpc) is 3.69. The Bertz CT molecular complexity index is 1510. The van der Waals surface area contributed by atoms with Gasteiger partial charge in [-0.25, -0.2) is 19.0 Å². The lowest BCUT2D eigenvalue weighted by molar-refractivity contribution is -0.137. The van der Waals surface area contributed by atoms with E-state index in [1.54, 1.807) is 6.92 Å². The van der Waals surface area contributed by atoms with Gasteiger partial charge < -0.3 is 25.4 Å². The quantitative estimate of drug-likeness (QED) is 0.283. The van der Waals surface area contributed by atoms with Gasteiger partial charge in [0.25, 0.3) is 0 Å². The molecule has 1 atom stereocenters. The minimum atomic E-state index is -4.75. The van der Waals surface area contributed by atoms with Crippen molar-refractivity contribution in [3.8, 4) is 11.5 Å². The van der Waals surface area contributed by atoms with E-state index in [1.165, 1.54) is 36.5 Å².